The lowest BCUT2D eigenvalue weighted by atomic mass is 10.1. The highest BCUT2D eigenvalue weighted by molar-refractivity contribution is 7.15. The first-order valence-electron chi connectivity index (χ1n) is 6.15. The minimum Gasteiger partial charge on any atom is -0.398 e. The van der Waals surface area contributed by atoms with Crippen molar-refractivity contribution in [3.63, 3.8) is 0 Å². The second-order valence-corrected chi connectivity index (χ2v) is 6.23. The van der Waals surface area contributed by atoms with Gasteiger partial charge in [-0.1, -0.05) is 42.9 Å². The summed E-state index contributed by atoms with van der Waals surface area (Å²) in [4.78, 5) is 12.2. The summed E-state index contributed by atoms with van der Waals surface area (Å²) in [6, 6.07) is 4.95. The summed E-state index contributed by atoms with van der Waals surface area (Å²) in [6.45, 7) is 4.20. The second-order valence-electron chi connectivity index (χ2n) is 4.76. The number of benzene rings is 1. The highest BCUT2D eigenvalue weighted by Gasteiger charge is 2.16. The number of anilines is 2. The zero-order valence-electron chi connectivity index (χ0n) is 11.2. The van der Waals surface area contributed by atoms with Crippen LogP contribution < -0.4 is 11.1 Å². The van der Waals surface area contributed by atoms with Gasteiger partial charge in [-0.05, 0) is 18.1 Å². The maximum Gasteiger partial charge on any atom is 0.261 e. The molecule has 0 spiro atoms. The van der Waals surface area contributed by atoms with E-state index in [0.29, 0.717) is 21.8 Å². The van der Waals surface area contributed by atoms with Gasteiger partial charge in [0.25, 0.3) is 5.91 Å². The highest BCUT2D eigenvalue weighted by atomic mass is 35.5. The molecule has 1 aromatic heterocycles. The minimum atomic E-state index is -0.375. The van der Waals surface area contributed by atoms with Gasteiger partial charge in [0.1, 0.15) is 5.01 Å². The second kappa shape index (κ2) is 6.19. The molecule has 2 rings (SSSR count). The minimum absolute atomic E-state index is 0.259. The van der Waals surface area contributed by atoms with Crippen LogP contribution in [-0.4, -0.2) is 16.1 Å². The first-order valence-corrected chi connectivity index (χ1v) is 7.34. The van der Waals surface area contributed by atoms with Crippen LogP contribution in [-0.2, 0) is 6.42 Å². The van der Waals surface area contributed by atoms with Gasteiger partial charge in [0, 0.05) is 12.1 Å². The van der Waals surface area contributed by atoms with Gasteiger partial charge >= 0.3 is 0 Å². The maximum atomic E-state index is 12.2. The van der Waals surface area contributed by atoms with E-state index in [2.05, 4.69) is 29.4 Å². The number of hydrogen-bond donors (Lipinski definition) is 2. The van der Waals surface area contributed by atoms with Crippen LogP contribution in [0.3, 0.4) is 0 Å². The smallest absolute Gasteiger partial charge is 0.261 e. The molecule has 3 N–H and O–H groups in total. The van der Waals surface area contributed by atoms with Crippen molar-refractivity contribution in [2.75, 3.05) is 11.1 Å². The molecule has 0 saturated carbocycles. The number of nitrogens with one attached hydrogen (secondary N) is 1. The van der Waals surface area contributed by atoms with Gasteiger partial charge in [-0.2, -0.15) is 0 Å². The number of nitrogens with two attached hydrogens (primary N) is 1. The zero-order valence-corrected chi connectivity index (χ0v) is 12.8. The first kappa shape index (κ1) is 14.7. The normalized spacial score (nSPS) is 10.8. The molecule has 1 amide bonds. The van der Waals surface area contributed by atoms with Gasteiger partial charge < -0.3 is 5.73 Å². The molecule has 0 unspecified atom stereocenters. The monoisotopic (exact) mass is 310 g/mol. The molecule has 20 heavy (non-hydrogen) atoms. The number of halogens is 1. The number of hydrogen-bond acceptors (Lipinski definition) is 5. The van der Waals surface area contributed by atoms with E-state index in [-0.39, 0.29) is 11.5 Å². The van der Waals surface area contributed by atoms with E-state index in [1.54, 1.807) is 18.2 Å². The molecule has 0 bridgehead atoms. The van der Waals surface area contributed by atoms with E-state index in [4.69, 9.17) is 17.3 Å². The predicted molar refractivity (Wildman–Crippen MR) is 82.3 cm³/mol. The molecule has 0 aliphatic rings. The Morgan fingerprint density at radius 3 is 2.85 bits per heavy atom. The first-order chi connectivity index (χ1) is 9.47. The largest absolute Gasteiger partial charge is 0.398 e. The van der Waals surface area contributed by atoms with Crippen molar-refractivity contribution < 1.29 is 4.79 Å². The van der Waals surface area contributed by atoms with Gasteiger partial charge in [0.05, 0.1) is 10.6 Å². The quantitative estimate of drug-likeness (QED) is 0.850. The van der Waals surface area contributed by atoms with E-state index in [1.807, 2.05) is 0 Å². The number of nitrogen functional groups attached to an aromatic ring is 1. The summed E-state index contributed by atoms with van der Waals surface area (Å²) in [5, 5.41) is 12.3. The third kappa shape index (κ3) is 3.46. The van der Waals surface area contributed by atoms with Crippen molar-refractivity contribution in [3.8, 4) is 0 Å². The molecule has 7 heteroatoms. The van der Waals surface area contributed by atoms with Crippen LogP contribution in [0.5, 0.6) is 0 Å². The molecular formula is C13H15ClN4OS. The van der Waals surface area contributed by atoms with E-state index in [0.717, 1.165) is 11.4 Å². The van der Waals surface area contributed by atoms with Crippen molar-refractivity contribution in [2.24, 2.45) is 5.92 Å². The maximum absolute atomic E-state index is 12.2. The Balaban J connectivity index is 2.14. The van der Waals surface area contributed by atoms with Gasteiger partial charge in [-0.15, -0.1) is 10.2 Å². The van der Waals surface area contributed by atoms with Crippen LogP contribution in [0.15, 0.2) is 18.2 Å². The summed E-state index contributed by atoms with van der Waals surface area (Å²) in [6.07, 6.45) is 0.835. The lowest BCUT2D eigenvalue weighted by Gasteiger charge is -2.06. The summed E-state index contributed by atoms with van der Waals surface area (Å²) in [7, 11) is 0. The molecule has 106 valence electrons. The fraction of sp³-hybridized carbons (Fsp3) is 0.308. The molecule has 0 atom stereocenters. The number of rotatable bonds is 4. The number of carbonyl (C=O) groups excluding carboxylic acids is 1. The van der Waals surface area contributed by atoms with Gasteiger partial charge in [0.15, 0.2) is 0 Å². The van der Waals surface area contributed by atoms with Gasteiger partial charge in [-0.3, -0.25) is 10.1 Å². The fourth-order valence-electron chi connectivity index (χ4n) is 1.68. The van der Waals surface area contributed by atoms with E-state index in [1.165, 1.54) is 11.3 Å². The Hall–Kier alpha value is -1.66. The third-order valence-electron chi connectivity index (χ3n) is 2.54. The van der Waals surface area contributed by atoms with Crippen molar-refractivity contribution in [1.82, 2.24) is 10.2 Å². The van der Waals surface area contributed by atoms with Crippen molar-refractivity contribution >= 4 is 39.7 Å². The Kier molecular flexibility index (Phi) is 4.57. The van der Waals surface area contributed by atoms with Gasteiger partial charge in [-0.25, -0.2) is 0 Å². The predicted octanol–water partition coefficient (Wildman–Crippen LogP) is 3.22. The molecule has 0 radical (unpaired) electrons. The molecule has 0 fully saturated rings. The summed E-state index contributed by atoms with van der Waals surface area (Å²) in [5.41, 5.74) is 6.36. The van der Waals surface area contributed by atoms with Gasteiger partial charge in [0.2, 0.25) is 5.13 Å². The zero-order chi connectivity index (χ0) is 14.7. The van der Waals surface area contributed by atoms with E-state index >= 15 is 0 Å². The molecule has 0 saturated heterocycles. The Morgan fingerprint density at radius 1 is 1.45 bits per heavy atom. The third-order valence-corrected chi connectivity index (χ3v) is 3.72. The highest BCUT2D eigenvalue weighted by Crippen LogP contribution is 2.24. The molecular weight excluding hydrogens is 296 g/mol. The molecule has 2 aromatic rings. The van der Waals surface area contributed by atoms with Crippen LogP contribution in [0.4, 0.5) is 10.8 Å². The van der Waals surface area contributed by atoms with Crippen molar-refractivity contribution in [3.05, 3.63) is 33.8 Å². The van der Waals surface area contributed by atoms with Crippen molar-refractivity contribution in [1.29, 1.82) is 0 Å². The molecule has 5 nitrogen and oxygen atoms in total. The lowest BCUT2D eigenvalue weighted by molar-refractivity contribution is 0.102. The van der Waals surface area contributed by atoms with E-state index < -0.39 is 0 Å². The summed E-state index contributed by atoms with van der Waals surface area (Å²) >= 11 is 7.35. The average molecular weight is 311 g/mol. The fourth-order valence-corrected chi connectivity index (χ4v) is 2.89. The van der Waals surface area contributed by atoms with Crippen LogP contribution in [0.2, 0.25) is 5.02 Å². The Bertz CT molecular complexity index is 606. The molecule has 1 heterocycles. The summed E-state index contributed by atoms with van der Waals surface area (Å²) in [5.74, 6) is 0.117. The van der Waals surface area contributed by atoms with Crippen LogP contribution in [0, 0.1) is 5.92 Å². The van der Waals surface area contributed by atoms with Crippen LogP contribution >= 0.6 is 22.9 Å². The van der Waals surface area contributed by atoms with Crippen LogP contribution in [0.1, 0.15) is 29.2 Å². The molecule has 0 aliphatic heterocycles. The van der Waals surface area contributed by atoms with Crippen LogP contribution in [0.25, 0.3) is 0 Å². The average Bonchev–Trinajstić information content (AvgIpc) is 2.75. The number of amides is 1. The Morgan fingerprint density at radius 2 is 2.20 bits per heavy atom. The number of aromatic nitrogens is 2. The topological polar surface area (TPSA) is 80.9 Å². The molecule has 1 aromatic carbocycles. The lowest BCUT2D eigenvalue weighted by Crippen LogP contribution is -2.14. The SMILES string of the molecule is CC(C)Cc1nnc(NC(=O)c2c(N)cccc2Cl)s1. The van der Waals surface area contributed by atoms with E-state index in [9.17, 15) is 4.79 Å². The number of carbonyl (C=O) groups is 1. The standard InChI is InChI=1S/C13H15ClN4OS/c1-7(2)6-10-17-18-13(20-10)16-12(19)11-8(14)4-3-5-9(11)15/h3-5,7H,6,15H2,1-2H3,(H,16,18,19). The van der Waals surface area contributed by atoms with Crippen molar-refractivity contribution in [2.45, 2.75) is 20.3 Å². The summed E-state index contributed by atoms with van der Waals surface area (Å²) < 4.78 is 0. The number of nitrogens with zero attached hydrogens (tertiary/aromatic N) is 2. The Labute approximate surface area is 126 Å². The molecule has 0 aliphatic carbocycles.